The Kier molecular flexibility index (Phi) is 8.09. The van der Waals surface area contributed by atoms with Gasteiger partial charge in [0.15, 0.2) is 11.5 Å². The molecule has 0 saturated heterocycles. The Morgan fingerprint density at radius 3 is 2.45 bits per heavy atom. The van der Waals surface area contributed by atoms with E-state index in [0.717, 1.165) is 0 Å². The molecule has 0 aliphatic heterocycles. The van der Waals surface area contributed by atoms with E-state index in [-0.39, 0.29) is 18.1 Å². The second kappa shape index (κ2) is 10.5. The molecule has 0 aromatic heterocycles. The molecule has 29 heavy (non-hydrogen) atoms. The third kappa shape index (κ3) is 6.25. The van der Waals surface area contributed by atoms with Gasteiger partial charge in [0.05, 0.1) is 31.5 Å². The minimum Gasteiger partial charge on any atom is -0.495 e. The largest absolute Gasteiger partial charge is 0.495 e. The first kappa shape index (κ1) is 22.3. The molecule has 0 spiro atoms. The van der Waals surface area contributed by atoms with E-state index in [1.54, 1.807) is 6.92 Å². The fraction of sp³-hybridized carbons (Fsp3) is 0.250. The molecule has 2 aromatic carbocycles. The summed E-state index contributed by atoms with van der Waals surface area (Å²) >= 11 is 6.04. The molecule has 0 fully saturated rings. The fourth-order valence-corrected chi connectivity index (χ4v) is 2.63. The van der Waals surface area contributed by atoms with Crippen LogP contribution >= 0.6 is 11.6 Å². The van der Waals surface area contributed by atoms with E-state index < -0.39 is 12.5 Å². The van der Waals surface area contributed by atoms with Crippen molar-refractivity contribution in [1.82, 2.24) is 0 Å². The van der Waals surface area contributed by atoms with Crippen molar-refractivity contribution in [3.8, 4) is 23.0 Å². The zero-order valence-corrected chi connectivity index (χ0v) is 16.8. The minimum absolute atomic E-state index is 0.0820. The molecule has 0 aliphatic rings. The quantitative estimate of drug-likeness (QED) is 0.570. The molecule has 0 bridgehead atoms. The first-order valence-electron chi connectivity index (χ1n) is 8.50. The first-order valence-corrected chi connectivity index (χ1v) is 8.88. The number of amides is 1. The maximum absolute atomic E-state index is 12.5. The molecule has 1 amide bonds. The van der Waals surface area contributed by atoms with Crippen LogP contribution in [0.2, 0.25) is 5.02 Å². The number of methoxy groups -OCH3 is 2. The number of carbonyl (C=O) groups excluding carboxylic acids is 1. The molecule has 2 rings (SSSR count). The zero-order valence-electron chi connectivity index (χ0n) is 16.0. The van der Waals surface area contributed by atoms with E-state index in [2.05, 4.69) is 10.1 Å². The van der Waals surface area contributed by atoms with Gasteiger partial charge in [-0.25, -0.2) is 0 Å². The van der Waals surface area contributed by atoms with Crippen molar-refractivity contribution >= 4 is 29.3 Å². The van der Waals surface area contributed by atoms with Crippen LogP contribution in [0.15, 0.2) is 36.4 Å². The van der Waals surface area contributed by atoms with E-state index in [1.807, 2.05) is 0 Å². The van der Waals surface area contributed by atoms with Crippen molar-refractivity contribution < 1.29 is 32.5 Å². The smallest absolute Gasteiger partial charge is 0.387 e. The second-order valence-electron chi connectivity index (χ2n) is 5.53. The highest BCUT2D eigenvalue weighted by Gasteiger charge is 2.13. The van der Waals surface area contributed by atoms with E-state index in [9.17, 15) is 13.6 Å². The lowest BCUT2D eigenvalue weighted by molar-refractivity contribution is -0.111. The van der Waals surface area contributed by atoms with Gasteiger partial charge >= 0.3 is 6.61 Å². The number of ether oxygens (including phenoxy) is 4. The molecule has 6 nitrogen and oxygen atoms in total. The van der Waals surface area contributed by atoms with Crippen LogP contribution in [0.4, 0.5) is 14.5 Å². The van der Waals surface area contributed by atoms with Crippen molar-refractivity contribution in [2.45, 2.75) is 13.5 Å². The molecular formula is C20H20ClF2NO5. The summed E-state index contributed by atoms with van der Waals surface area (Å²) in [7, 11) is 2.90. The summed E-state index contributed by atoms with van der Waals surface area (Å²) in [6.45, 7) is -0.978. The van der Waals surface area contributed by atoms with Gasteiger partial charge in [0, 0.05) is 18.2 Å². The lowest BCUT2D eigenvalue weighted by atomic mass is 10.2. The highest BCUT2D eigenvalue weighted by molar-refractivity contribution is 6.32. The van der Waals surface area contributed by atoms with Crippen LogP contribution in [0.3, 0.4) is 0 Å². The number of alkyl halides is 2. The molecule has 0 aliphatic carbocycles. The highest BCUT2D eigenvalue weighted by atomic mass is 35.5. The number of nitrogens with one attached hydrogen (secondary N) is 1. The summed E-state index contributed by atoms with van der Waals surface area (Å²) in [6, 6.07) is 7.43. The van der Waals surface area contributed by atoms with Gasteiger partial charge in [0.1, 0.15) is 11.5 Å². The molecule has 1 N–H and O–H groups in total. The number of benzene rings is 2. The van der Waals surface area contributed by atoms with E-state index >= 15 is 0 Å². The summed E-state index contributed by atoms with van der Waals surface area (Å²) in [5, 5.41) is 3.01. The van der Waals surface area contributed by atoms with E-state index in [1.165, 1.54) is 56.7 Å². The van der Waals surface area contributed by atoms with Crippen LogP contribution in [0, 0.1) is 0 Å². The average Bonchev–Trinajstić information content (AvgIpc) is 2.69. The monoisotopic (exact) mass is 427 g/mol. The topological polar surface area (TPSA) is 66.0 Å². The molecule has 156 valence electrons. The Balaban J connectivity index is 2.17. The van der Waals surface area contributed by atoms with Crippen LogP contribution in [-0.2, 0) is 4.79 Å². The molecule has 0 heterocycles. The molecule has 0 radical (unpaired) electrons. The number of hydrogen-bond acceptors (Lipinski definition) is 5. The number of anilines is 1. The summed E-state index contributed by atoms with van der Waals surface area (Å²) in [5.41, 5.74) is 0.935. The van der Waals surface area contributed by atoms with Gasteiger partial charge in [-0.15, -0.1) is 0 Å². The van der Waals surface area contributed by atoms with Crippen LogP contribution in [-0.4, -0.2) is 33.3 Å². The molecule has 0 atom stereocenters. The van der Waals surface area contributed by atoms with Crippen molar-refractivity contribution in [2.75, 3.05) is 26.1 Å². The van der Waals surface area contributed by atoms with Crippen molar-refractivity contribution in [2.24, 2.45) is 0 Å². The predicted molar refractivity (Wildman–Crippen MR) is 106 cm³/mol. The Morgan fingerprint density at radius 2 is 1.83 bits per heavy atom. The zero-order chi connectivity index (χ0) is 21.4. The van der Waals surface area contributed by atoms with Gasteiger partial charge in [-0.3, -0.25) is 4.79 Å². The van der Waals surface area contributed by atoms with Gasteiger partial charge in [-0.2, -0.15) is 8.78 Å². The molecule has 9 heteroatoms. The summed E-state index contributed by atoms with van der Waals surface area (Å²) in [6.07, 6.45) is 2.78. The fourth-order valence-electron chi connectivity index (χ4n) is 2.39. The summed E-state index contributed by atoms with van der Waals surface area (Å²) in [4.78, 5) is 12.3. The van der Waals surface area contributed by atoms with Crippen LogP contribution in [0.25, 0.3) is 6.08 Å². The Morgan fingerprint density at radius 1 is 1.10 bits per heavy atom. The summed E-state index contributed by atoms with van der Waals surface area (Å²) < 4.78 is 45.0. The maximum atomic E-state index is 12.5. The SMILES string of the molecule is CCOc1cc(/C=C/C(=O)Nc2cc(OC)c(Cl)cc2OC)ccc1OC(F)F. The molecule has 0 saturated carbocycles. The second-order valence-corrected chi connectivity index (χ2v) is 5.93. The van der Waals surface area contributed by atoms with Crippen LogP contribution in [0.5, 0.6) is 23.0 Å². The maximum Gasteiger partial charge on any atom is 0.387 e. The van der Waals surface area contributed by atoms with Crippen LogP contribution in [0.1, 0.15) is 12.5 Å². The standard InChI is InChI=1S/C20H20ClF2NO5/c1-4-28-18-9-12(5-7-15(18)29-20(22)23)6-8-19(25)24-14-11-16(26-2)13(21)10-17(14)27-3/h5-11,20H,4H2,1-3H3,(H,24,25)/b8-6+. The van der Waals surface area contributed by atoms with Crippen molar-refractivity contribution in [3.05, 3.63) is 47.0 Å². The van der Waals surface area contributed by atoms with Crippen molar-refractivity contribution in [3.63, 3.8) is 0 Å². The summed E-state index contributed by atoms with van der Waals surface area (Å²) in [5.74, 6) is 0.367. The average molecular weight is 428 g/mol. The molecular weight excluding hydrogens is 408 g/mol. The number of carbonyl (C=O) groups is 1. The first-order chi connectivity index (χ1) is 13.9. The van der Waals surface area contributed by atoms with Crippen LogP contribution < -0.4 is 24.3 Å². The third-order valence-electron chi connectivity index (χ3n) is 3.64. The Bertz CT molecular complexity index is 889. The highest BCUT2D eigenvalue weighted by Crippen LogP contribution is 2.36. The minimum atomic E-state index is -2.97. The number of hydrogen-bond donors (Lipinski definition) is 1. The van der Waals surface area contributed by atoms with Crippen molar-refractivity contribution in [1.29, 1.82) is 0 Å². The normalized spacial score (nSPS) is 10.9. The Labute approximate surface area is 172 Å². The lowest BCUT2D eigenvalue weighted by Gasteiger charge is -2.12. The van der Waals surface area contributed by atoms with Gasteiger partial charge in [0.25, 0.3) is 0 Å². The molecule has 0 unspecified atom stereocenters. The van der Waals surface area contributed by atoms with E-state index in [0.29, 0.717) is 27.8 Å². The van der Waals surface area contributed by atoms with Gasteiger partial charge in [-0.05, 0) is 30.7 Å². The van der Waals surface area contributed by atoms with Gasteiger partial charge in [-0.1, -0.05) is 17.7 Å². The van der Waals surface area contributed by atoms with Gasteiger partial charge in [0.2, 0.25) is 5.91 Å². The number of rotatable bonds is 9. The molecule has 2 aromatic rings. The third-order valence-corrected chi connectivity index (χ3v) is 3.94. The van der Waals surface area contributed by atoms with Gasteiger partial charge < -0.3 is 24.3 Å². The van der Waals surface area contributed by atoms with E-state index in [4.69, 9.17) is 25.8 Å². The predicted octanol–water partition coefficient (Wildman–Crippen LogP) is 5.01. The lowest BCUT2D eigenvalue weighted by Crippen LogP contribution is -2.09. The Hall–Kier alpha value is -3.00. The number of halogens is 3.